The van der Waals surface area contributed by atoms with E-state index in [1.807, 2.05) is 0 Å². The van der Waals surface area contributed by atoms with E-state index in [1.54, 1.807) is 24.3 Å². The van der Waals surface area contributed by atoms with E-state index in [9.17, 15) is 9.59 Å². The molecular weight excluding hydrogens is 306 g/mol. The van der Waals surface area contributed by atoms with Gasteiger partial charge in [0.2, 0.25) is 5.91 Å². The van der Waals surface area contributed by atoms with Crippen molar-refractivity contribution in [3.05, 3.63) is 29.8 Å². The van der Waals surface area contributed by atoms with E-state index in [-0.39, 0.29) is 23.8 Å². The minimum absolute atomic E-state index is 0.0234. The second-order valence-electron chi connectivity index (χ2n) is 6.47. The van der Waals surface area contributed by atoms with Crippen LogP contribution in [0, 0.1) is 5.92 Å². The molecule has 0 saturated carbocycles. The number of nitrogens with one attached hydrogen (secondary N) is 3. The van der Waals surface area contributed by atoms with E-state index in [0.29, 0.717) is 18.8 Å². The SMILES string of the molecule is O=C(NC1CCOCC1)c1ccc(NC(=O)C2CCCNC2)cc1. The number of benzene rings is 1. The van der Waals surface area contributed by atoms with E-state index in [1.165, 1.54) is 0 Å². The Labute approximate surface area is 142 Å². The minimum Gasteiger partial charge on any atom is -0.381 e. The van der Waals surface area contributed by atoms with Crippen LogP contribution in [-0.4, -0.2) is 44.2 Å². The van der Waals surface area contributed by atoms with Gasteiger partial charge in [0, 0.05) is 37.1 Å². The first-order valence-electron chi connectivity index (χ1n) is 8.72. The summed E-state index contributed by atoms with van der Waals surface area (Å²) in [6.07, 6.45) is 3.67. The fraction of sp³-hybridized carbons (Fsp3) is 0.556. The molecule has 2 amide bonds. The van der Waals surface area contributed by atoms with E-state index in [2.05, 4.69) is 16.0 Å². The number of rotatable bonds is 4. The Bertz CT molecular complexity index is 561. The van der Waals surface area contributed by atoms with Crippen molar-refractivity contribution < 1.29 is 14.3 Å². The van der Waals surface area contributed by atoms with Crippen LogP contribution >= 0.6 is 0 Å². The summed E-state index contributed by atoms with van der Waals surface area (Å²) in [6, 6.07) is 7.26. The molecule has 2 saturated heterocycles. The van der Waals surface area contributed by atoms with Gasteiger partial charge in [0.05, 0.1) is 5.92 Å². The van der Waals surface area contributed by atoms with Gasteiger partial charge in [-0.1, -0.05) is 0 Å². The number of ether oxygens (including phenoxy) is 1. The van der Waals surface area contributed by atoms with Crippen LogP contribution in [0.4, 0.5) is 5.69 Å². The van der Waals surface area contributed by atoms with Crippen molar-refractivity contribution in [1.29, 1.82) is 0 Å². The molecule has 1 aromatic carbocycles. The van der Waals surface area contributed by atoms with Crippen LogP contribution in [0.25, 0.3) is 0 Å². The molecule has 1 atom stereocenters. The Morgan fingerprint density at radius 1 is 1.08 bits per heavy atom. The molecule has 3 rings (SSSR count). The van der Waals surface area contributed by atoms with E-state index < -0.39 is 0 Å². The van der Waals surface area contributed by atoms with E-state index in [0.717, 1.165) is 44.5 Å². The molecule has 3 N–H and O–H groups in total. The van der Waals surface area contributed by atoms with Crippen molar-refractivity contribution in [3.8, 4) is 0 Å². The normalized spacial score (nSPS) is 21.9. The summed E-state index contributed by atoms with van der Waals surface area (Å²) >= 11 is 0. The van der Waals surface area contributed by atoms with Crippen molar-refractivity contribution in [2.24, 2.45) is 5.92 Å². The van der Waals surface area contributed by atoms with Gasteiger partial charge >= 0.3 is 0 Å². The third kappa shape index (κ3) is 4.55. The summed E-state index contributed by atoms with van der Waals surface area (Å²) in [5.74, 6) is -0.00638. The average molecular weight is 331 g/mol. The fourth-order valence-electron chi connectivity index (χ4n) is 3.14. The third-order valence-corrected chi connectivity index (χ3v) is 4.64. The molecule has 0 bridgehead atoms. The van der Waals surface area contributed by atoms with Gasteiger partial charge in [0.1, 0.15) is 0 Å². The molecule has 0 radical (unpaired) electrons. The maximum absolute atomic E-state index is 12.2. The van der Waals surface area contributed by atoms with Crippen LogP contribution in [0.3, 0.4) is 0 Å². The lowest BCUT2D eigenvalue weighted by atomic mass is 9.99. The largest absolute Gasteiger partial charge is 0.381 e. The van der Waals surface area contributed by atoms with Crippen LogP contribution in [0.2, 0.25) is 0 Å². The molecular formula is C18H25N3O3. The van der Waals surface area contributed by atoms with Crippen LogP contribution in [0.15, 0.2) is 24.3 Å². The first-order chi connectivity index (χ1) is 11.7. The van der Waals surface area contributed by atoms with Crippen molar-refractivity contribution in [2.45, 2.75) is 31.7 Å². The Kier molecular flexibility index (Phi) is 5.82. The molecule has 0 spiro atoms. The predicted molar refractivity (Wildman–Crippen MR) is 92.0 cm³/mol. The number of carbonyl (C=O) groups is 2. The highest BCUT2D eigenvalue weighted by Crippen LogP contribution is 2.15. The lowest BCUT2D eigenvalue weighted by Crippen LogP contribution is -2.38. The molecule has 2 fully saturated rings. The Morgan fingerprint density at radius 2 is 1.83 bits per heavy atom. The second-order valence-corrected chi connectivity index (χ2v) is 6.47. The van der Waals surface area contributed by atoms with Crippen molar-refractivity contribution in [3.63, 3.8) is 0 Å². The van der Waals surface area contributed by atoms with E-state index >= 15 is 0 Å². The fourth-order valence-corrected chi connectivity index (χ4v) is 3.14. The van der Waals surface area contributed by atoms with Gasteiger partial charge in [-0.3, -0.25) is 9.59 Å². The molecule has 2 heterocycles. The summed E-state index contributed by atoms with van der Waals surface area (Å²) in [4.78, 5) is 24.5. The van der Waals surface area contributed by atoms with Crippen molar-refractivity contribution in [2.75, 3.05) is 31.6 Å². The van der Waals surface area contributed by atoms with Crippen LogP contribution in [-0.2, 0) is 9.53 Å². The highest BCUT2D eigenvalue weighted by molar-refractivity contribution is 5.96. The van der Waals surface area contributed by atoms with Gasteiger partial charge in [-0.05, 0) is 56.5 Å². The smallest absolute Gasteiger partial charge is 0.251 e. The molecule has 0 aromatic heterocycles. The number of amides is 2. The zero-order chi connectivity index (χ0) is 16.8. The number of anilines is 1. The quantitative estimate of drug-likeness (QED) is 0.782. The lowest BCUT2D eigenvalue weighted by molar-refractivity contribution is -0.120. The van der Waals surface area contributed by atoms with Crippen LogP contribution in [0.1, 0.15) is 36.0 Å². The first kappa shape index (κ1) is 16.9. The number of piperidine rings is 1. The maximum atomic E-state index is 12.2. The zero-order valence-corrected chi connectivity index (χ0v) is 13.8. The van der Waals surface area contributed by atoms with E-state index in [4.69, 9.17) is 4.74 Å². The van der Waals surface area contributed by atoms with Gasteiger partial charge in [0.25, 0.3) is 5.91 Å². The third-order valence-electron chi connectivity index (χ3n) is 4.64. The summed E-state index contributed by atoms with van der Waals surface area (Å²) in [5.41, 5.74) is 1.34. The van der Waals surface area contributed by atoms with Crippen LogP contribution < -0.4 is 16.0 Å². The van der Waals surface area contributed by atoms with Crippen LogP contribution in [0.5, 0.6) is 0 Å². The first-order valence-corrected chi connectivity index (χ1v) is 8.72. The number of carbonyl (C=O) groups excluding carboxylic acids is 2. The summed E-state index contributed by atoms with van der Waals surface area (Å²) in [5, 5.41) is 9.21. The monoisotopic (exact) mass is 331 g/mol. The number of hydrogen-bond acceptors (Lipinski definition) is 4. The maximum Gasteiger partial charge on any atom is 0.251 e. The minimum atomic E-state index is -0.0729. The molecule has 2 aliphatic rings. The summed E-state index contributed by atoms with van der Waals surface area (Å²) < 4.78 is 5.29. The average Bonchev–Trinajstić information content (AvgIpc) is 2.64. The summed E-state index contributed by atoms with van der Waals surface area (Å²) in [6.45, 7) is 3.12. The molecule has 1 aromatic rings. The summed E-state index contributed by atoms with van der Waals surface area (Å²) in [7, 11) is 0. The molecule has 2 aliphatic heterocycles. The van der Waals surface area contributed by atoms with Crippen molar-refractivity contribution in [1.82, 2.24) is 10.6 Å². The predicted octanol–water partition coefficient (Wildman–Crippen LogP) is 1.53. The molecule has 24 heavy (non-hydrogen) atoms. The van der Waals surface area contributed by atoms with Gasteiger partial charge in [-0.25, -0.2) is 0 Å². The molecule has 6 heteroatoms. The van der Waals surface area contributed by atoms with Gasteiger partial charge in [-0.2, -0.15) is 0 Å². The lowest BCUT2D eigenvalue weighted by Gasteiger charge is -2.23. The highest BCUT2D eigenvalue weighted by Gasteiger charge is 2.21. The molecule has 130 valence electrons. The Hall–Kier alpha value is -1.92. The zero-order valence-electron chi connectivity index (χ0n) is 13.8. The molecule has 0 aliphatic carbocycles. The standard InChI is InChI=1S/C18H25N3O3/c22-17(21-16-7-10-24-11-8-16)13-3-5-15(6-4-13)20-18(23)14-2-1-9-19-12-14/h3-6,14,16,19H,1-2,7-12H2,(H,20,23)(H,21,22). The second kappa shape index (κ2) is 8.26. The molecule has 1 unspecified atom stereocenters. The Morgan fingerprint density at radius 3 is 2.50 bits per heavy atom. The topological polar surface area (TPSA) is 79.5 Å². The number of hydrogen-bond donors (Lipinski definition) is 3. The highest BCUT2D eigenvalue weighted by atomic mass is 16.5. The Balaban J connectivity index is 1.52. The van der Waals surface area contributed by atoms with Gasteiger partial charge < -0.3 is 20.7 Å². The van der Waals surface area contributed by atoms with Gasteiger partial charge in [-0.15, -0.1) is 0 Å². The van der Waals surface area contributed by atoms with Gasteiger partial charge in [0.15, 0.2) is 0 Å². The van der Waals surface area contributed by atoms with Crippen molar-refractivity contribution >= 4 is 17.5 Å². The molecule has 6 nitrogen and oxygen atoms in total.